The molecule has 1 saturated carbocycles. The van der Waals surface area contributed by atoms with Crippen LogP contribution >= 0.6 is 0 Å². The molecule has 5 rings (SSSR count). The number of rotatable bonds is 4. The molecular weight excluding hydrogens is 360 g/mol. The number of likely N-dealkylation sites (tertiary alicyclic amines) is 1. The first-order valence-corrected chi connectivity index (χ1v) is 10.6. The summed E-state index contributed by atoms with van der Waals surface area (Å²) in [4.78, 5) is 18.8. The highest BCUT2D eigenvalue weighted by atomic mass is 16.5. The Hall–Kier alpha value is -2.88. The van der Waals surface area contributed by atoms with Gasteiger partial charge in [-0.25, -0.2) is 0 Å². The Morgan fingerprint density at radius 1 is 1.00 bits per heavy atom. The number of amides is 1. The molecule has 4 heteroatoms. The first kappa shape index (κ1) is 18.2. The Morgan fingerprint density at radius 3 is 2.45 bits per heavy atom. The quantitative estimate of drug-likeness (QED) is 0.634. The van der Waals surface area contributed by atoms with Crippen LogP contribution in [-0.4, -0.2) is 35.0 Å². The van der Waals surface area contributed by atoms with Crippen LogP contribution in [0.15, 0.2) is 54.7 Å². The van der Waals surface area contributed by atoms with Gasteiger partial charge in [0.05, 0.1) is 5.52 Å². The van der Waals surface area contributed by atoms with Gasteiger partial charge < -0.3 is 9.64 Å². The zero-order valence-corrected chi connectivity index (χ0v) is 16.8. The first-order chi connectivity index (χ1) is 14.2. The van der Waals surface area contributed by atoms with Gasteiger partial charge in [-0.3, -0.25) is 9.78 Å². The smallest absolute Gasteiger partial charge is 0.225 e. The van der Waals surface area contributed by atoms with Gasteiger partial charge in [0.25, 0.3) is 0 Å². The second kappa shape index (κ2) is 7.51. The van der Waals surface area contributed by atoms with E-state index in [1.807, 2.05) is 35.4 Å². The minimum absolute atomic E-state index is 0.188. The minimum Gasteiger partial charge on any atom is -0.490 e. The molecule has 0 N–H and O–H groups in total. The molecule has 0 spiro atoms. The van der Waals surface area contributed by atoms with Crippen molar-refractivity contribution in [2.75, 3.05) is 13.1 Å². The third-order valence-corrected chi connectivity index (χ3v) is 6.19. The van der Waals surface area contributed by atoms with E-state index in [4.69, 9.17) is 4.74 Å². The Kier molecular flexibility index (Phi) is 4.70. The van der Waals surface area contributed by atoms with Crippen molar-refractivity contribution in [3.8, 4) is 16.9 Å². The van der Waals surface area contributed by atoms with Crippen molar-refractivity contribution in [1.82, 2.24) is 9.88 Å². The number of aryl methyl sites for hydroxylation is 1. The highest BCUT2D eigenvalue weighted by molar-refractivity contribution is 5.88. The number of piperidine rings is 1. The van der Waals surface area contributed by atoms with Crippen molar-refractivity contribution in [3.05, 3.63) is 60.3 Å². The fraction of sp³-hybridized carbons (Fsp3) is 0.360. The summed E-state index contributed by atoms with van der Waals surface area (Å²) in [7, 11) is 0. The number of ether oxygens (including phenoxy) is 1. The number of para-hydroxylation sites is 1. The average molecular weight is 386 g/mol. The number of carbonyl (C=O) groups is 1. The second-order valence-corrected chi connectivity index (χ2v) is 8.26. The van der Waals surface area contributed by atoms with Gasteiger partial charge in [0.15, 0.2) is 0 Å². The maximum absolute atomic E-state index is 12.2. The number of fused-ring (bicyclic) bond motifs is 1. The van der Waals surface area contributed by atoms with Crippen LogP contribution in [0.1, 0.15) is 31.2 Å². The predicted octanol–water partition coefficient (Wildman–Crippen LogP) is 4.99. The molecule has 2 heterocycles. The van der Waals surface area contributed by atoms with Crippen molar-refractivity contribution >= 4 is 16.8 Å². The lowest BCUT2D eigenvalue weighted by Crippen LogP contribution is -2.42. The van der Waals surface area contributed by atoms with Gasteiger partial charge >= 0.3 is 0 Å². The zero-order chi connectivity index (χ0) is 19.8. The summed E-state index contributed by atoms with van der Waals surface area (Å²) in [6.07, 6.45) is 6.12. The van der Waals surface area contributed by atoms with E-state index in [1.54, 1.807) is 0 Å². The highest BCUT2D eigenvalue weighted by Gasteiger charge is 2.35. The molecule has 4 nitrogen and oxygen atoms in total. The summed E-state index contributed by atoms with van der Waals surface area (Å²) in [6, 6.07) is 16.6. The molecule has 1 amide bonds. The lowest BCUT2D eigenvalue weighted by atomic mass is 9.99. The standard InChI is InChI=1S/C25H26N2O2/c1-17-22-4-2-3-5-24(22)26-16-23(17)18-8-10-20(11-9-18)29-21-12-14-27(15-13-21)25(28)19-6-7-19/h2-5,8-11,16,19,21H,6-7,12-15H2,1H3. The maximum Gasteiger partial charge on any atom is 0.225 e. The van der Waals surface area contributed by atoms with Gasteiger partial charge in [0.2, 0.25) is 5.91 Å². The summed E-state index contributed by atoms with van der Waals surface area (Å²) in [5.74, 6) is 1.56. The van der Waals surface area contributed by atoms with Crippen LogP contribution in [0, 0.1) is 12.8 Å². The van der Waals surface area contributed by atoms with Crippen molar-refractivity contribution in [3.63, 3.8) is 0 Å². The second-order valence-electron chi connectivity index (χ2n) is 8.26. The Bertz CT molecular complexity index is 1030. The van der Waals surface area contributed by atoms with Crippen LogP contribution in [0.2, 0.25) is 0 Å². The molecule has 2 aliphatic rings. The fourth-order valence-electron chi connectivity index (χ4n) is 4.26. The van der Waals surface area contributed by atoms with E-state index in [-0.39, 0.29) is 6.10 Å². The van der Waals surface area contributed by atoms with Gasteiger partial charge in [-0.1, -0.05) is 30.3 Å². The molecule has 0 unspecified atom stereocenters. The number of pyridine rings is 1. The lowest BCUT2D eigenvalue weighted by Gasteiger charge is -2.32. The molecule has 29 heavy (non-hydrogen) atoms. The van der Waals surface area contributed by atoms with E-state index >= 15 is 0 Å². The highest BCUT2D eigenvalue weighted by Crippen LogP contribution is 2.33. The van der Waals surface area contributed by atoms with Crippen LogP contribution in [-0.2, 0) is 4.79 Å². The zero-order valence-electron chi connectivity index (χ0n) is 16.8. The molecule has 0 atom stereocenters. The average Bonchev–Trinajstić information content (AvgIpc) is 3.61. The number of nitrogens with zero attached hydrogens (tertiary/aromatic N) is 2. The number of aromatic nitrogens is 1. The van der Waals surface area contributed by atoms with Crippen molar-refractivity contribution in [1.29, 1.82) is 0 Å². The normalized spacial score (nSPS) is 17.5. The molecule has 0 bridgehead atoms. The van der Waals surface area contributed by atoms with E-state index in [0.29, 0.717) is 11.8 Å². The third-order valence-electron chi connectivity index (χ3n) is 6.19. The van der Waals surface area contributed by atoms with Gasteiger partial charge in [-0.05, 0) is 49.1 Å². The Morgan fingerprint density at radius 2 is 1.72 bits per heavy atom. The lowest BCUT2D eigenvalue weighted by molar-refractivity contribution is -0.134. The van der Waals surface area contributed by atoms with E-state index in [0.717, 1.165) is 61.2 Å². The largest absolute Gasteiger partial charge is 0.490 e. The van der Waals surface area contributed by atoms with Crippen LogP contribution in [0.5, 0.6) is 5.75 Å². The Labute approximate surface area is 171 Å². The molecule has 148 valence electrons. The van der Waals surface area contributed by atoms with Gasteiger partial charge in [-0.2, -0.15) is 0 Å². The molecule has 1 aliphatic heterocycles. The molecule has 2 fully saturated rings. The topological polar surface area (TPSA) is 42.4 Å². The molecule has 1 aromatic heterocycles. The number of benzene rings is 2. The van der Waals surface area contributed by atoms with Crippen LogP contribution in [0.4, 0.5) is 0 Å². The number of hydrogen-bond donors (Lipinski definition) is 0. The molecule has 0 radical (unpaired) electrons. The Balaban J connectivity index is 1.25. The van der Waals surface area contributed by atoms with Crippen molar-refractivity contribution in [2.24, 2.45) is 5.92 Å². The number of carbonyl (C=O) groups excluding carboxylic acids is 1. The van der Waals surface area contributed by atoms with Gasteiger partial charge in [0, 0.05) is 49.0 Å². The van der Waals surface area contributed by atoms with E-state index in [1.165, 1.54) is 10.9 Å². The number of hydrogen-bond acceptors (Lipinski definition) is 3. The van der Waals surface area contributed by atoms with Crippen molar-refractivity contribution < 1.29 is 9.53 Å². The third kappa shape index (κ3) is 3.71. The summed E-state index contributed by atoms with van der Waals surface area (Å²) in [5, 5.41) is 1.19. The maximum atomic E-state index is 12.2. The van der Waals surface area contributed by atoms with Gasteiger partial charge in [0.1, 0.15) is 11.9 Å². The van der Waals surface area contributed by atoms with Crippen LogP contribution in [0.3, 0.4) is 0 Å². The fourth-order valence-corrected chi connectivity index (χ4v) is 4.26. The van der Waals surface area contributed by atoms with Crippen molar-refractivity contribution in [2.45, 2.75) is 38.7 Å². The van der Waals surface area contributed by atoms with Crippen LogP contribution in [0.25, 0.3) is 22.0 Å². The summed E-state index contributed by atoms with van der Waals surface area (Å²) in [6.45, 7) is 3.79. The SMILES string of the molecule is Cc1c(-c2ccc(OC3CCN(C(=O)C4CC4)CC3)cc2)cnc2ccccc12. The van der Waals surface area contributed by atoms with E-state index in [2.05, 4.69) is 36.2 Å². The van der Waals surface area contributed by atoms with E-state index < -0.39 is 0 Å². The van der Waals surface area contributed by atoms with E-state index in [9.17, 15) is 4.79 Å². The first-order valence-electron chi connectivity index (χ1n) is 10.6. The monoisotopic (exact) mass is 386 g/mol. The molecule has 3 aromatic rings. The van der Waals surface area contributed by atoms with Crippen LogP contribution < -0.4 is 4.74 Å². The minimum atomic E-state index is 0.188. The summed E-state index contributed by atoms with van der Waals surface area (Å²) < 4.78 is 6.20. The van der Waals surface area contributed by atoms with Gasteiger partial charge in [-0.15, -0.1) is 0 Å². The summed E-state index contributed by atoms with van der Waals surface area (Å²) in [5.41, 5.74) is 4.58. The molecule has 1 saturated heterocycles. The summed E-state index contributed by atoms with van der Waals surface area (Å²) >= 11 is 0. The molecular formula is C25H26N2O2. The molecule has 1 aliphatic carbocycles. The predicted molar refractivity (Wildman–Crippen MR) is 115 cm³/mol. The molecule has 2 aromatic carbocycles.